The molecule has 2 saturated heterocycles. The maximum atomic E-state index is 12.9. The number of benzene rings is 1. The summed E-state index contributed by atoms with van der Waals surface area (Å²) in [4.78, 5) is 18.5. The number of halogens is 1. The summed E-state index contributed by atoms with van der Waals surface area (Å²) in [5, 5.41) is 6.08. The van der Waals surface area contributed by atoms with Gasteiger partial charge in [0.25, 0.3) is 0 Å². The highest BCUT2D eigenvalue weighted by Crippen LogP contribution is 2.35. The van der Waals surface area contributed by atoms with Crippen LogP contribution in [0, 0.1) is 0 Å². The molecule has 0 saturated carbocycles. The van der Waals surface area contributed by atoms with E-state index in [0.717, 1.165) is 57.1 Å². The van der Waals surface area contributed by atoms with Crippen LogP contribution in [-0.2, 0) is 9.53 Å². The number of nitrogens with one attached hydrogen (secondary N) is 1. The molecule has 1 aromatic heterocycles. The summed E-state index contributed by atoms with van der Waals surface area (Å²) in [7, 11) is 0. The van der Waals surface area contributed by atoms with Crippen molar-refractivity contribution in [2.75, 3.05) is 49.6 Å². The van der Waals surface area contributed by atoms with Crippen molar-refractivity contribution >= 4 is 40.2 Å². The first kappa shape index (κ1) is 18.6. The van der Waals surface area contributed by atoms with Crippen molar-refractivity contribution in [1.82, 2.24) is 4.90 Å². The molecule has 0 aliphatic carbocycles. The fourth-order valence-corrected chi connectivity index (χ4v) is 4.89. The Kier molecular flexibility index (Phi) is 5.86. The first-order valence-electron chi connectivity index (χ1n) is 9.41. The Morgan fingerprint density at radius 3 is 2.89 bits per heavy atom. The van der Waals surface area contributed by atoms with E-state index < -0.39 is 0 Å². The number of carbonyl (C=O) groups excluding carboxylic acids is 1. The van der Waals surface area contributed by atoms with Crippen LogP contribution in [0.15, 0.2) is 35.7 Å². The molecule has 1 atom stereocenters. The highest BCUT2D eigenvalue weighted by molar-refractivity contribution is 7.10. The molecule has 2 aliphatic heterocycles. The molecular weight excluding hydrogens is 382 g/mol. The summed E-state index contributed by atoms with van der Waals surface area (Å²) in [6.45, 7) is 4.23. The van der Waals surface area contributed by atoms with E-state index in [1.54, 1.807) is 11.3 Å². The fourth-order valence-electron chi connectivity index (χ4n) is 3.84. The van der Waals surface area contributed by atoms with Gasteiger partial charge in [-0.15, -0.1) is 11.3 Å². The number of hydrogen-bond acceptors (Lipinski definition) is 5. The van der Waals surface area contributed by atoms with Crippen molar-refractivity contribution in [3.63, 3.8) is 0 Å². The lowest BCUT2D eigenvalue weighted by Gasteiger charge is -2.31. The van der Waals surface area contributed by atoms with E-state index in [1.165, 1.54) is 4.88 Å². The molecule has 1 N–H and O–H groups in total. The second-order valence-corrected chi connectivity index (χ2v) is 8.29. The van der Waals surface area contributed by atoms with Gasteiger partial charge in [0.05, 0.1) is 37.2 Å². The zero-order chi connectivity index (χ0) is 18.6. The molecule has 7 heteroatoms. The Morgan fingerprint density at radius 2 is 2.11 bits per heavy atom. The molecule has 3 heterocycles. The van der Waals surface area contributed by atoms with Crippen molar-refractivity contribution in [2.24, 2.45) is 0 Å². The van der Waals surface area contributed by atoms with Crippen LogP contribution >= 0.6 is 22.9 Å². The van der Waals surface area contributed by atoms with Gasteiger partial charge in [-0.05, 0) is 42.5 Å². The Hall–Kier alpha value is -1.76. The number of amides is 1. The first-order chi connectivity index (χ1) is 13.2. The van der Waals surface area contributed by atoms with Crippen LogP contribution in [-0.4, -0.2) is 50.2 Å². The zero-order valence-corrected chi connectivity index (χ0v) is 16.8. The minimum absolute atomic E-state index is 0.138. The third-order valence-corrected chi connectivity index (χ3v) is 6.39. The van der Waals surface area contributed by atoms with E-state index >= 15 is 0 Å². The van der Waals surface area contributed by atoms with Gasteiger partial charge in [0, 0.05) is 29.5 Å². The van der Waals surface area contributed by atoms with Gasteiger partial charge in [-0.3, -0.25) is 4.79 Å². The molecule has 0 radical (unpaired) electrons. The Balaban J connectivity index is 1.45. The van der Waals surface area contributed by atoms with Crippen LogP contribution in [0.5, 0.6) is 0 Å². The number of morpholine rings is 1. The smallest absolute Gasteiger partial charge is 0.242 e. The normalized spacial score (nSPS) is 20.1. The monoisotopic (exact) mass is 405 g/mol. The number of rotatable bonds is 5. The molecule has 2 aliphatic rings. The molecule has 1 aromatic carbocycles. The van der Waals surface area contributed by atoms with E-state index in [-0.39, 0.29) is 18.5 Å². The average Bonchev–Trinajstić information content (AvgIpc) is 3.38. The maximum Gasteiger partial charge on any atom is 0.242 e. The van der Waals surface area contributed by atoms with Gasteiger partial charge < -0.3 is 19.9 Å². The molecular formula is C20H24ClN3O2S. The van der Waals surface area contributed by atoms with Gasteiger partial charge in [-0.2, -0.15) is 0 Å². The minimum atomic E-state index is 0.138. The molecule has 2 fully saturated rings. The summed E-state index contributed by atoms with van der Waals surface area (Å²) in [6, 6.07) is 10.2. The molecule has 27 heavy (non-hydrogen) atoms. The second kappa shape index (κ2) is 8.50. The Bertz CT molecular complexity index is 778. The van der Waals surface area contributed by atoms with Crippen molar-refractivity contribution in [3.8, 4) is 0 Å². The SMILES string of the molecule is O=C(CNc1cc(Cl)ccc1N1CCOCC1)N1CCCC1c1cccs1. The lowest BCUT2D eigenvalue weighted by molar-refractivity contribution is -0.130. The van der Waals surface area contributed by atoms with Gasteiger partial charge in [0.2, 0.25) is 5.91 Å². The molecule has 2 aromatic rings. The first-order valence-corrected chi connectivity index (χ1v) is 10.7. The van der Waals surface area contributed by atoms with E-state index in [4.69, 9.17) is 16.3 Å². The summed E-state index contributed by atoms with van der Waals surface area (Å²) in [6.07, 6.45) is 2.10. The van der Waals surface area contributed by atoms with Crippen LogP contribution in [0.3, 0.4) is 0 Å². The highest BCUT2D eigenvalue weighted by Gasteiger charge is 2.30. The van der Waals surface area contributed by atoms with E-state index in [9.17, 15) is 4.79 Å². The van der Waals surface area contributed by atoms with Gasteiger partial charge in [0.1, 0.15) is 0 Å². The lowest BCUT2D eigenvalue weighted by Crippen LogP contribution is -2.37. The molecule has 4 rings (SSSR count). The predicted molar refractivity (Wildman–Crippen MR) is 111 cm³/mol. The summed E-state index contributed by atoms with van der Waals surface area (Å²) in [5.74, 6) is 0.138. The number of thiophene rings is 1. The number of ether oxygens (including phenoxy) is 1. The van der Waals surface area contributed by atoms with Crippen LogP contribution in [0.25, 0.3) is 0 Å². The molecule has 0 spiro atoms. The summed E-state index contributed by atoms with van der Waals surface area (Å²) < 4.78 is 5.45. The molecule has 0 bridgehead atoms. The van der Waals surface area contributed by atoms with Gasteiger partial charge in [-0.1, -0.05) is 17.7 Å². The largest absolute Gasteiger partial charge is 0.378 e. The quantitative estimate of drug-likeness (QED) is 0.816. The zero-order valence-electron chi connectivity index (χ0n) is 15.2. The molecule has 5 nitrogen and oxygen atoms in total. The van der Waals surface area contributed by atoms with Gasteiger partial charge in [0.15, 0.2) is 0 Å². The van der Waals surface area contributed by atoms with E-state index in [2.05, 4.69) is 27.7 Å². The summed E-state index contributed by atoms with van der Waals surface area (Å²) in [5.41, 5.74) is 1.98. The highest BCUT2D eigenvalue weighted by atomic mass is 35.5. The number of likely N-dealkylation sites (tertiary alicyclic amines) is 1. The van der Waals surface area contributed by atoms with Crippen LogP contribution < -0.4 is 10.2 Å². The molecule has 144 valence electrons. The minimum Gasteiger partial charge on any atom is -0.378 e. The summed E-state index contributed by atoms with van der Waals surface area (Å²) >= 11 is 7.94. The Labute approximate surface area is 168 Å². The van der Waals surface area contributed by atoms with Crippen LogP contribution in [0.4, 0.5) is 11.4 Å². The number of anilines is 2. The molecule has 1 amide bonds. The fraction of sp³-hybridized carbons (Fsp3) is 0.450. The van der Waals surface area contributed by atoms with Crippen molar-refractivity contribution in [3.05, 3.63) is 45.6 Å². The van der Waals surface area contributed by atoms with Gasteiger partial charge in [-0.25, -0.2) is 0 Å². The Morgan fingerprint density at radius 1 is 1.26 bits per heavy atom. The van der Waals surface area contributed by atoms with Crippen LogP contribution in [0.2, 0.25) is 5.02 Å². The van der Waals surface area contributed by atoms with Crippen molar-refractivity contribution in [2.45, 2.75) is 18.9 Å². The standard InChI is InChI=1S/C20H24ClN3O2S/c21-15-5-6-17(23-8-10-26-11-9-23)16(13-15)22-14-20(25)24-7-1-3-18(24)19-4-2-12-27-19/h2,4-6,12-13,18,22H,1,3,7-11,14H2. The lowest BCUT2D eigenvalue weighted by atomic mass is 10.2. The molecule has 1 unspecified atom stereocenters. The third-order valence-electron chi connectivity index (χ3n) is 5.19. The predicted octanol–water partition coefficient (Wildman–Crippen LogP) is 4.01. The van der Waals surface area contributed by atoms with Crippen LogP contribution in [0.1, 0.15) is 23.8 Å². The number of nitrogens with zero attached hydrogens (tertiary/aromatic N) is 2. The second-order valence-electron chi connectivity index (χ2n) is 6.88. The maximum absolute atomic E-state index is 12.9. The van der Waals surface area contributed by atoms with Crippen molar-refractivity contribution < 1.29 is 9.53 Å². The third kappa shape index (κ3) is 4.23. The average molecular weight is 406 g/mol. The van der Waals surface area contributed by atoms with Crippen molar-refractivity contribution in [1.29, 1.82) is 0 Å². The number of hydrogen-bond donors (Lipinski definition) is 1. The van der Waals surface area contributed by atoms with E-state index in [1.807, 2.05) is 23.1 Å². The number of carbonyl (C=O) groups is 1. The van der Waals surface area contributed by atoms with E-state index in [0.29, 0.717) is 5.02 Å². The van der Waals surface area contributed by atoms with Gasteiger partial charge >= 0.3 is 0 Å². The topological polar surface area (TPSA) is 44.8 Å².